The van der Waals surface area contributed by atoms with Crippen LogP contribution in [0.5, 0.6) is 0 Å². The summed E-state index contributed by atoms with van der Waals surface area (Å²) >= 11 is 19.9. The van der Waals surface area contributed by atoms with Gasteiger partial charge in [-0.3, -0.25) is 0 Å². The summed E-state index contributed by atoms with van der Waals surface area (Å²) in [6.45, 7) is 14.9. The molecule has 11 heteroatoms. The fourth-order valence-electron chi connectivity index (χ4n) is 10.8. The topological polar surface area (TPSA) is 57.2 Å². The zero-order valence-electron chi connectivity index (χ0n) is 42.3. The average molecular weight is 1070 g/mol. The summed E-state index contributed by atoms with van der Waals surface area (Å²) < 4.78 is 33.1. The maximum absolute atomic E-state index is 12.4. The summed E-state index contributed by atoms with van der Waals surface area (Å²) in [5.41, 5.74) is 9.73. The predicted molar refractivity (Wildman–Crippen MR) is 291 cm³/mol. The highest BCUT2D eigenvalue weighted by Gasteiger charge is 2.56. The van der Waals surface area contributed by atoms with Gasteiger partial charge >= 0.3 is 0 Å². The highest BCUT2D eigenvalue weighted by atomic mass is 79.9. The third-order valence-corrected chi connectivity index (χ3v) is 18.4. The second-order valence-electron chi connectivity index (χ2n) is 22.7. The van der Waals surface area contributed by atoms with Crippen molar-refractivity contribution in [3.8, 4) is 0 Å². The van der Waals surface area contributed by atoms with E-state index in [0.717, 1.165) is 32.8 Å². The van der Waals surface area contributed by atoms with Crippen molar-refractivity contribution in [1.29, 1.82) is 0 Å². The molecule has 9 rings (SSSR count). The lowest BCUT2D eigenvalue weighted by molar-refractivity contribution is -0.335. The van der Waals surface area contributed by atoms with Gasteiger partial charge in [0.2, 0.25) is 5.79 Å². The van der Waals surface area contributed by atoms with E-state index in [1.54, 1.807) is 0 Å². The first kappa shape index (κ1) is 51.9. The summed E-state index contributed by atoms with van der Waals surface area (Å²) in [5, 5.41) is 13.9. The Morgan fingerprint density at radius 3 is 1.54 bits per heavy atom. The van der Waals surface area contributed by atoms with Crippen molar-refractivity contribution in [3.05, 3.63) is 138 Å². The van der Waals surface area contributed by atoms with E-state index in [0.29, 0.717) is 28.3 Å². The number of ether oxygens (including phenoxy) is 1. The van der Waals surface area contributed by atoms with Crippen molar-refractivity contribution >= 4 is 68.7 Å². The largest absolute Gasteiger partial charge is 0.412 e. The molecule has 0 amide bonds. The van der Waals surface area contributed by atoms with E-state index in [2.05, 4.69) is 134 Å². The van der Waals surface area contributed by atoms with Gasteiger partial charge in [0.05, 0.1) is 12.2 Å². The van der Waals surface area contributed by atoms with Crippen LogP contribution in [0.2, 0.25) is 49.3 Å². The van der Waals surface area contributed by atoms with E-state index >= 15 is 0 Å². The number of aliphatic hydroxyl groups is 1. The lowest BCUT2D eigenvalue weighted by Crippen LogP contribution is -2.64. The molecule has 4 saturated carbocycles. The molecule has 0 aromatic heterocycles. The van der Waals surface area contributed by atoms with Gasteiger partial charge in [-0.25, -0.2) is 0 Å². The first-order valence-electron chi connectivity index (χ1n) is 25.5. The normalized spacial score (nSPS) is 26.8. The van der Waals surface area contributed by atoms with Gasteiger partial charge in [-0.15, -0.1) is 0 Å². The second kappa shape index (κ2) is 22.1. The van der Waals surface area contributed by atoms with E-state index < -0.39 is 40.7 Å². The van der Waals surface area contributed by atoms with Crippen molar-refractivity contribution < 1.29 is 24.2 Å². The Bertz CT molecular complexity index is 2260. The standard InChI is InChI=1S/C34H51ClO4Si2.C21H22BrCl.CH4OS/c1-23-24(2)37-34(36,32(39-41(6,7)8)31(23)38-40(3,4)5)29-13-14-30(35)28(22-29)21-25-9-11-26(12-10-25)27-15-17-33(18-16-27)19-20-33;22-19-5-6-20(23)18(14-19)13-15-1-3-16(4-2-15)17-7-9-21(10-8-17)11-12-21;1-2-3/h9-14,22-24,27,31-32,36H,15-21H2,1-8H3;1-6,14,17H,7-13H2;3H,1H3/t23-,24-,31+,32-,34?;;/m1../s1/i2T;;. The summed E-state index contributed by atoms with van der Waals surface area (Å²) in [7, 11) is -2.66. The van der Waals surface area contributed by atoms with Gasteiger partial charge < -0.3 is 22.9 Å². The molecular weight excluding hydrogens is 992 g/mol. The van der Waals surface area contributed by atoms with Gasteiger partial charge in [-0.2, -0.15) is 0 Å². The van der Waals surface area contributed by atoms with Crippen LogP contribution >= 0.6 is 52.0 Å². The van der Waals surface area contributed by atoms with Crippen LogP contribution in [0.25, 0.3) is 0 Å². The zero-order valence-corrected chi connectivity index (χ0v) is 47.3. The highest BCUT2D eigenvalue weighted by molar-refractivity contribution is 9.10. The van der Waals surface area contributed by atoms with Crippen LogP contribution in [0.1, 0.15) is 143 Å². The maximum atomic E-state index is 12.4. The molecule has 5 nitrogen and oxygen atoms in total. The SMILES string of the molecule is COS.Clc1ccc(Br)cc1Cc1ccc(C2CCC3(CC2)CC3)cc1.[3H]C[C@H]1OC(O)(c2ccc(Cl)c(Cc3ccc(C4CCC5(CC4)CC5)cc3)c2)[C@H](O[Si](C)(C)C)[C@@H](O[Si](C)(C)C)[C@@H]1C. The third kappa shape index (κ3) is 14.1. The van der Waals surface area contributed by atoms with E-state index in [1.807, 2.05) is 30.3 Å². The van der Waals surface area contributed by atoms with Crippen molar-refractivity contribution in [1.82, 2.24) is 0 Å². The first-order chi connectivity index (χ1) is 32.2. The van der Waals surface area contributed by atoms with E-state index in [1.165, 1.54) is 112 Å². The molecule has 1 aliphatic heterocycles. The molecule has 4 aromatic carbocycles. The molecule has 4 aromatic rings. The molecule has 1 saturated heterocycles. The number of thiol groups is 1. The van der Waals surface area contributed by atoms with E-state index in [-0.39, 0.29) is 12.8 Å². The van der Waals surface area contributed by atoms with Crippen LogP contribution in [0, 0.1) is 16.7 Å². The molecule has 1 unspecified atom stereocenters. The van der Waals surface area contributed by atoms with Gasteiger partial charge in [-0.05, 0) is 235 Å². The fourth-order valence-corrected chi connectivity index (χ4v) is 13.8. The summed E-state index contributed by atoms with van der Waals surface area (Å²) in [4.78, 5) is 0. The van der Waals surface area contributed by atoms with E-state index in [4.69, 9.17) is 38.2 Å². The molecule has 0 radical (unpaired) electrons. The summed E-state index contributed by atoms with van der Waals surface area (Å²) in [5.74, 6) is -0.395. The number of hydrogen-bond donors (Lipinski definition) is 2. The molecule has 5 fully saturated rings. The number of rotatable bonds is 11. The van der Waals surface area contributed by atoms with Gasteiger partial charge in [0.1, 0.15) is 6.10 Å². The predicted octanol–water partition coefficient (Wildman–Crippen LogP) is 16.6. The van der Waals surface area contributed by atoms with Gasteiger partial charge in [-0.1, -0.05) is 101 Å². The number of halogens is 3. The second-order valence-corrected chi connectivity index (χ2v) is 33.7. The minimum absolute atomic E-state index is 0.0312. The summed E-state index contributed by atoms with van der Waals surface area (Å²) in [6.07, 6.45) is 16.9. The van der Waals surface area contributed by atoms with Gasteiger partial charge in [0.25, 0.3) is 0 Å². The van der Waals surface area contributed by atoms with Crippen LogP contribution in [0.4, 0.5) is 0 Å². The van der Waals surface area contributed by atoms with Gasteiger partial charge in [0.15, 0.2) is 16.6 Å². The quantitative estimate of drug-likeness (QED) is 0.0891. The Labute approximate surface area is 431 Å². The first-order valence-corrected chi connectivity index (χ1v) is 33.5. The van der Waals surface area contributed by atoms with Crippen molar-refractivity contribution in [2.45, 2.75) is 179 Å². The van der Waals surface area contributed by atoms with Crippen molar-refractivity contribution in [2.24, 2.45) is 16.7 Å². The summed E-state index contributed by atoms with van der Waals surface area (Å²) in [6, 6.07) is 30.1. The molecule has 1 N–H and O–H groups in total. The van der Waals surface area contributed by atoms with Crippen molar-refractivity contribution in [2.75, 3.05) is 7.11 Å². The Hall–Kier alpha value is -1.48. The Kier molecular flexibility index (Phi) is 17.1. The fraction of sp³-hybridized carbons (Fsp3) is 0.571. The minimum atomic E-state index is -2.13. The van der Waals surface area contributed by atoms with Crippen LogP contribution in [-0.4, -0.2) is 47.2 Å². The Morgan fingerprint density at radius 1 is 0.687 bits per heavy atom. The van der Waals surface area contributed by atoms with Crippen LogP contribution in [-0.2, 0) is 36.4 Å². The third-order valence-electron chi connectivity index (χ3n) is 15.3. The molecule has 67 heavy (non-hydrogen) atoms. The Morgan fingerprint density at radius 2 is 1.12 bits per heavy atom. The Balaban J connectivity index is 0.000000220. The smallest absolute Gasteiger partial charge is 0.221 e. The average Bonchev–Trinajstić information content (AvgIpc) is 4.24. The van der Waals surface area contributed by atoms with E-state index in [9.17, 15) is 5.11 Å². The van der Waals surface area contributed by atoms with Crippen LogP contribution in [0.15, 0.2) is 89.4 Å². The monoisotopic (exact) mass is 1070 g/mol. The lowest BCUT2D eigenvalue weighted by atomic mass is 9.77. The van der Waals surface area contributed by atoms with Crippen molar-refractivity contribution in [3.63, 3.8) is 0 Å². The molecule has 366 valence electrons. The van der Waals surface area contributed by atoms with Gasteiger partial charge in [0, 0.05) is 34.5 Å². The number of hydrogen-bond acceptors (Lipinski definition) is 6. The molecule has 2 spiro atoms. The minimum Gasteiger partial charge on any atom is -0.412 e. The highest BCUT2D eigenvalue weighted by Crippen LogP contribution is 2.59. The molecule has 4 aliphatic carbocycles. The molecule has 1 heterocycles. The maximum Gasteiger partial charge on any atom is 0.221 e. The van der Waals surface area contributed by atoms with Crippen LogP contribution < -0.4 is 0 Å². The molecular formula is C56H77BrCl2O5SSi2. The molecule has 0 bridgehead atoms. The lowest BCUT2D eigenvalue weighted by Gasteiger charge is -2.52. The molecule has 5 atom stereocenters. The zero-order chi connectivity index (χ0) is 49.1. The van der Waals surface area contributed by atoms with Crippen LogP contribution in [0.3, 0.4) is 0 Å². The number of benzene rings is 4. The molecule has 5 aliphatic rings.